The van der Waals surface area contributed by atoms with Crippen LogP contribution in [0.1, 0.15) is 25.8 Å². The number of nitrogens with one attached hydrogen (secondary N) is 1. The Labute approximate surface area is 179 Å². The van der Waals surface area contributed by atoms with Gasteiger partial charge in [-0.3, -0.25) is 4.79 Å². The molecule has 1 N–H and O–H groups in total. The summed E-state index contributed by atoms with van der Waals surface area (Å²) >= 11 is 6.19. The predicted molar refractivity (Wildman–Crippen MR) is 117 cm³/mol. The third kappa shape index (κ3) is 4.05. The van der Waals surface area contributed by atoms with Crippen molar-refractivity contribution in [2.45, 2.75) is 33.7 Å². The number of carbonyl (C=O) groups is 1. The lowest BCUT2D eigenvalue weighted by Gasteiger charge is -2.35. The van der Waals surface area contributed by atoms with E-state index in [1.54, 1.807) is 24.5 Å². The van der Waals surface area contributed by atoms with Crippen molar-refractivity contribution in [3.63, 3.8) is 0 Å². The number of carbonyl (C=O) groups excluding carboxylic acids is 1. The van der Waals surface area contributed by atoms with E-state index in [0.717, 1.165) is 23.3 Å². The van der Waals surface area contributed by atoms with Crippen molar-refractivity contribution in [2.24, 2.45) is 11.8 Å². The molecule has 1 aliphatic rings. The molecule has 1 saturated heterocycles. The van der Waals surface area contributed by atoms with E-state index in [0.29, 0.717) is 34.0 Å². The second-order valence-corrected chi connectivity index (χ2v) is 8.67. The number of aromatic nitrogens is 4. The van der Waals surface area contributed by atoms with Gasteiger partial charge in [0.25, 0.3) is 0 Å². The minimum atomic E-state index is -0.378. The van der Waals surface area contributed by atoms with Gasteiger partial charge in [0.2, 0.25) is 11.6 Å². The van der Waals surface area contributed by atoms with Crippen LogP contribution in [0.15, 0.2) is 35.4 Å². The van der Waals surface area contributed by atoms with E-state index in [2.05, 4.69) is 34.1 Å². The van der Waals surface area contributed by atoms with Crippen LogP contribution in [-0.4, -0.2) is 38.2 Å². The number of rotatable bonds is 4. The Morgan fingerprint density at radius 2 is 2.00 bits per heavy atom. The molecule has 0 radical (unpaired) electrons. The normalized spacial score (nSPS) is 19.3. The van der Waals surface area contributed by atoms with E-state index in [-0.39, 0.29) is 18.1 Å². The molecule has 3 aromatic rings. The van der Waals surface area contributed by atoms with Crippen LogP contribution in [0, 0.1) is 18.8 Å². The summed E-state index contributed by atoms with van der Waals surface area (Å²) < 4.78 is 2.60. The first kappa shape index (κ1) is 20.4. The van der Waals surface area contributed by atoms with E-state index in [1.165, 1.54) is 10.8 Å². The molecule has 8 nitrogen and oxygen atoms in total. The number of amides is 1. The molecule has 0 bridgehead atoms. The third-order valence-electron chi connectivity index (χ3n) is 5.34. The van der Waals surface area contributed by atoms with Gasteiger partial charge >= 0.3 is 5.69 Å². The van der Waals surface area contributed by atoms with Crippen LogP contribution in [0.4, 0.5) is 11.5 Å². The first-order valence-corrected chi connectivity index (χ1v) is 10.4. The van der Waals surface area contributed by atoms with Gasteiger partial charge in [-0.25, -0.2) is 18.9 Å². The zero-order chi connectivity index (χ0) is 21.4. The van der Waals surface area contributed by atoms with Gasteiger partial charge in [-0.1, -0.05) is 31.5 Å². The van der Waals surface area contributed by atoms with Crippen LogP contribution in [-0.2, 0) is 11.3 Å². The summed E-state index contributed by atoms with van der Waals surface area (Å²) in [5, 5.41) is 7.62. The molecule has 1 aliphatic heterocycles. The van der Waals surface area contributed by atoms with E-state index >= 15 is 0 Å². The third-order valence-corrected chi connectivity index (χ3v) is 5.66. The second-order valence-electron chi connectivity index (χ2n) is 8.27. The summed E-state index contributed by atoms with van der Waals surface area (Å²) in [6.07, 6.45) is 4.35. The zero-order valence-electron chi connectivity index (χ0n) is 17.3. The van der Waals surface area contributed by atoms with Crippen molar-refractivity contribution in [1.82, 2.24) is 19.2 Å². The fourth-order valence-electron chi connectivity index (χ4n) is 4.14. The summed E-state index contributed by atoms with van der Waals surface area (Å²) in [6.45, 7) is 7.87. The Morgan fingerprint density at radius 1 is 1.27 bits per heavy atom. The van der Waals surface area contributed by atoms with Crippen LogP contribution in [0.3, 0.4) is 0 Å². The number of fused-ring (bicyclic) bond motifs is 1. The fourth-order valence-corrected chi connectivity index (χ4v) is 4.43. The molecule has 0 aliphatic carbocycles. The molecule has 0 saturated carbocycles. The molecule has 9 heteroatoms. The van der Waals surface area contributed by atoms with Gasteiger partial charge in [-0.05, 0) is 42.9 Å². The topological polar surface area (TPSA) is 84.5 Å². The molecule has 0 spiro atoms. The Hall–Kier alpha value is -2.87. The lowest BCUT2D eigenvalue weighted by atomic mass is 9.92. The molecular formula is C21H25ClN6O2. The summed E-state index contributed by atoms with van der Waals surface area (Å²) in [5.74, 6) is 1.37. The molecule has 158 valence electrons. The van der Waals surface area contributed by atoms with Crippen LogP contribution >= 0.6 is 11.6 Å². The van der Waals surface area contributed by atoms with E-state index in [4.69, 9.17) is 11.6 Å². The average molecular weight is 429 g/mol. The quantitative estimate of drug-likeness (QED) is 0.690. The molecule has 2 atom stereocenters. The summed E-state index contributed by atoms with van der Waals surface area (Å²) in [7, 11) is 0. The van der Waals surface area contributed by atoms with Crippen LogP contribution in [0.25, 0.3) is 5.65 Å². The minimum Gasteiger partial charge on any atom is -0.353 e. The van der Waals surface area contributed by atoms with Gasteiger partial charge in [-0.15, -0.1) is 5.10 Å². The van der Waals surface area contributed by atoms with Crippen LogP contribution in [0.2, 0.25) is 5.02 Å². The van der Waals surface area contributed by atoms with Crippen molar-refractivity contribution < 1.29 is 4.79 Å². The molecule has 1 amide bonds. The zero-order valence-corrected chi connectivity index (χ0v) is 18.1. The fraction of sp³-hybridized carbons (Fsp3) is 0.429. The van der Waals surface area contributed by atoms with Gasteiger partial charge < -0.3 is 10.2 Å². The predicted octanol–water partition coefficient (Wildman–Crippen LogP) is 2.97. The van der Waals surface area contributed by atoms with Crippen molar-refractivity contribution in [3.8, 4) is 0 Å². The second kappa shape index (κ2) is 8.10. The molecule has 1 aromatic carbocycles. The summed E-state index contributed by atoms with van der Waals surface area (Å²) in [5.41, 5.74) is 1.58. The standard InChI is InChI=1S/C21H25ClN6O2/c1-13-4-5-17(16(22)9-13)24-18(29)12-28-21(30)27-7-6-23-19(20(27)25-28)26-10-14(2)8-15(3)11-26/h4-7,9,14-15H,8,10-12H2,1-3H3,(H,24,29). The highest BCUT2D eigenvalue weighted by Crippen LogP contribution is 2.26. The van der Waals surface area contributed by atoms with E-state index in [1.807, 2.05) is 13.0 Å². The SMILES string of the molecule is Cc1ccc(NC(=O)Cn2nc3c(N4CC(C)CC(C)C4)nccn3c2=O)c(Cl)c1. The van der Waals surface area contributed by atoms with Gasteiger partial charge in [0.05, 0.1) is 10.7 Å². The van der Waals surface area contributed by atoms with Crippen LogP contribution in [0.5, 0.6) is 0 Å². The van der Waals surface area contributed by atoms with Crippen molar-refractivity contribution in [2.75, 3.05) is 23.3 Å². The molecule has 1 fully saturated rings. The lowest BCUT2D eigenvalue weighted by molar-refractivity contribution is -0.117. The number of anilines is 2. The number of piperidine rings is 1. The maximum absolute atomic E-state index is 12.8. The highest BCUT2D eigenvalue weighted by atomic mass is 35.5. The molecular weight excluding hydrogens is 404 g/mol. The number of halogens is 1. The Kier molecular flexibility index (Phi) is 5.51. The smallest absolute Gasteiger partial charge is 0.350 e. The summed E-state index contributed by atoms with van der Waals surface area (Å²) in [4.78, 5) is 32.0. The van der Waals surface area contributed by atoms with E-state index < -0.39 is 0 Å². The number of hydrogen-bond donors (Lipinski definition) is 1. The minimum absolute atomic E-state index is 0.211. The molecule has 30 heavy (non-hydrogen) atoms. The average Bonchev–Trinajstić information content (AvgIpc) is 2.99. The first-order valence-electron chi connectivity index (χ1n) is 10.1. The highest BCUT2D eigenvalue weighted by molar-refractivity contribution is 6.33. The number of benzene rings is 1. The van der Waals surface area contributed by atoms with E-state index in [9.17, 15) is 9.59 Å². The van der Waals surface area contributed by atoms with Crippen molar-refractivity contribution in [3.05, 3.63) is 51.7 Å². The Bertz CT molecular complexity index is 1140. The van der Waals surface area contributed by atoms with Crippen molar-refractivity contribution in [1.29, 1.82) is 0 Å². The molecule has 3 heterocycles. The largest absolute Gasteiger partial charge is 0.353 e. The molecule has 2 aromatic heterocycles. The van der Waals surface area contributed by atoms with Crippen molar-refractivity contribution >= 4 is 34.7 Å². The number of aryl methyl sites for hydroxylation is 1. The van der Waals surface area contributed by atoms with Gasteiger partial charge in [-0.2, -0.15) is 0 Å². The van der Waals surface area contributed by atoms with Gasteiger partial charge in [0, 0.05) is 25.5 Å². The maximum Gasteiger partial charge on any atom is 0.350 e. The maximum atomic E-state index is 12.8. The highest BCUT2D eigenvalue weighted by Gasteiger charge is 2.26. The van der Waals surface area contributed by atoms with Gasteiger partial charge in [0.15, 0.2) is 5.82 Å². The van der Waals surface area contributed by atoms with Crippen LogP contribution < -0.4 is 15.9 Å². The molecule has 2 unspecified atom stereocenters. The first-order chi connectivity index (χ1) is 14.3. The Balaban J connectivity index is 1.60. The lowest BCUT2D eigenvalue weighted by Crippen LogP contribution is -2.39. The Morgan fingerprint density at radius 3 is 2.70 bits per heavy atom. The molecule has 4 rings (SSSR count). The number of nitrogens with zero attached hydrogens (tertiary/aromatic N) is 5. The summed E-state index contributed by atoms with van der Waals surface area (Å²) in [6, 6.07) is 5.37. The number of hydrogen-bond acceptors (Lipinski definition) is 5. The van der Waals surface area contributed by atoms with Gasteiger partial charge in [0.1, 0.15) is 6.54 Å². The monoisotopic (exact) mass is 428 g/mol.